The molecule has 0 saturated heterocycles. The van der Waals surface area contributed by atoms with E-state index in [0.29, 0.717) is 25.4 Å². The van der Waals surface area contributed by atoms with E-state index in [1.807, 2.05) is 43.3 Å². The van der Waals surface area contributed by atoms with Crippen molar-refractivity contribution in [2.24, 2.45) is 0 Å². The van der Waals surface area contributed by atoms with Gasteiger partial charge in [0.1, 0.15) is 5.75 Å². The monoisotopic (exact) mass is 341 g/mol. The summed E-state index contributed by atoms with van der Waals surface area (Å²) in [6.45, 7) is 4.77. The first kappa shape index (κ1) is 18.4. The highest BCUT2D eigenvalue weighted by Crippen LogP contribution is 2.10. The first-order chi connectivity index (χ1) is 12.0. The molecule has 0 saturated carbocycles. The number of hydrogen-bond donors (Lipinski definition) is 1. The summed E-state index contributed by atoms with van der Waals surface area (Å²) in [5.74, 6) is 0.402. The Morgan fingerprint density at radius 2 is 1.80 bits per heavy atom. The van der Waals surface area contributed by atoms with Crippen molar-refractivity contribution in [1.82, 2.24) is 15.2 Å². The number of pyridine rings is 1. The fourth-order valence-electron chi connectivity index (χ4n) is 2.22. The van der Waals surface area contributed by atoms with Gasteiger partial charge in [-0.25, -0.2) is 0 Å². The minimum Gasteiger partial charge on any atom is -0.484 e. The highest BCUT2D eigenvalue weighted by molar-refractivity contribution is 5.77. The Balaban J connectivity index is 1.72. The van der Waals surface area contributed by atoms with Crippen LogP contribution in [0.2, 0.25) is 0 Å². The van der Waals surface area contributed by atoms with Gasteiger partial charge >= 0.3 is 0 Å². The van der Waals surface area contributed by atoms with Gasteiger partial charge in [0.2, 0.25) is 5.91 Å². The van der Waals surface area contributed by atoms with E-state index in [9.17, 15) is 9.59 Å². The van der Waals surface area contributed by atoms with Gasteiger partial charge in [0.15, 0.2) is 6.61 Å². The summed E-state index contributed by atoms with van der Waals surface area (Å²) in [7, 11) is 0. The zero-order valence-electron chi connectivity index (χ0n) is 14.6. The van der Waals surface area contributed by atoms with Crippen molar-refractivity contribution in [3.8, 4) is 5.75 Å². The number of aromatic nitrogens is 1. The Hall–Kier alpha value is -2.89. The molecule has 0 atom stereocenters. The molecule has 132 valence electrons. The third kappa shape index (κ3) is 6.63. The normalized spacial score (nSPS) is 10.2. The maximum absolute atomic E-state index is 11.8. The summed E-state index contributed by atoms with van der Waals surface area (Å²) in [5.41, 5.74) is 2.13. The number of carbonyl (C=O) groups is 2. The summed E-state index contributed by atoms with van der Waals surface area (Å²) in [6.07, 6.45) is 3.38. The summed E-state index contributed by atoms with van der Waals surface area (Å²) in [5, 5.41) is 2.77. The topological polar surface area (TPSA) is 71.5 Å². The van der Waals surface area contributed by atoms with Crippen molar-refractivity contribution < 1.29 is 14.3 Å². The lowest BCUT2D eigenvalue weighted by atomic mass is 10.2. The molecular weight excluding hydrogens is 318 g/mol. The van der Waals surface area contributed by atoms with Gasteiger partial charge in [0, 0.05) is 39.0 Å². The maximum atomic E-state index is 11.8. The predicted molar refractivity (Wildman–Crippen MR) is 95.0 cm³/mol. The number of nitrogens with one attached hydrogen (secondary N) is 1. The maximum Gasteiger partial charge on any atom is 0.258 e. The van der Waals surface area contributed by atoms with Crippen LogP contribution >= 0.6 is 0 Å². The van der Waals surface area contributed by atoms with Crippen molar-refractivity contribution in [2.45, 2.75) is 20.4 Å². The van der Waals surface area contributed by atoms with Crippen LogP contribution in [0.5, 0.6) is 5.75 Å². The number of rotatable bonds is 8. The van der Waals surface area contributed by atoms with E-state index in [-0.39, 0.29) is 18.4 Å². The van der Waals surface area contributed by atoms with Gasteiger partial charge in [0.25, 0.3) is 5.91 Å². The quantitative estimate of drug-likeness (QED) is 0.796. The Bertz CT molecular complexity index is 687. The fourth-order valence-corrected chi connectivity index (χ4v) is 2.22. The van der Waals surface area contributed by atoms with E-state index >= 15 is 0 Å². The molecule has 2 rings (SSSR count). The van der Waals surface area contributed by atoms with Crippen molar-refractivity contribution in [3.05, 3.63) is 59.9 Å². The molecule has 0 fully saturated rings. The van der Waals surface area contributed by atoms with E-state index in [1.54, 1.807) is 17.3 Å². The first-order valence-corrected chi connectivity index (χ1v) is 8.15. The van der Waals surface area contributed by atoms with Crippen molar-refractivity contribution in [1.29, 1.82) is 0 Å². The molecule has 2 amide bonds. The molecule has 1 N–H and O–H groups in total. The van der Waals surface area contributed by atoms with Crippen molar-refractivity contribution in [2.75, 3.05) is 19.7 Å². The highest BCUT2D eigenvalue weighted by Gasteiger charge is 2.10. The third-order valence-electron chi connectivity index (χ3n) is 3.66. The summed E-state index contributed by atoms with van der Waals surface area (Å²) in [6, 6.07) is 11.2. The Kier molecular flexibility index (Phi) is 6.95. The fraction of sp³-hybridized carbons (Fsp3) is 0.316. The van der Waals surface area contributed by atoms with Gasteiger partial charge in [-0.3, -0.25) is 14.6 Å². The largest absolute Gasteiger partial charge is 0.484 e. The van der Waals surface area contributed by atoms with Crippen LogP contribution < -0.4 is 10.1 Å². The van der Waals surface area contributed by atoms with Crippen molar-refractivity contribution >= 4 is 11.8 Å². The molecule has 0 unspecified atom stereocenters. The smallest absolute Gasteiger partial charge is 0.258 e. The lowest BCUT2D eigenvalue weighted by Crippen LogP contribution is -2.38. The zero-order chi connectivity index (χ0) is 18.1. The summed E-state index contributed by atoms with van der Waals surface area (Å²) < 4.78 is 5.42. The molecule has 25 heavy (non-hydrogen) atoms. The van der Waals surface area contributed by atoms with Crippen LogP contribution in [-0.2, 0) is 16.1 Å². The van der Waals surface area contributed by atoms with Gasteiger partial charge in [-0.1, -0.05) is 17.7 Å². The summed E-state index contributed by atoms with van der Waals surface area (Å²) in [4.78, 5) is 29.2. The molecule has 0 aliphatic rings. The third-order valence-corrected chi connectivity index (χ3v) is 3.66. The van der Waals surface area contributed by atoms with Crippen LogP contribution in [0.15, 0.2) is 48.8 Å². The van der Waals surface area contributed by atoms with Crippen LogP contribution in [0, 0.1) is 6.92 Å². The number of aryl methyl sites for hydroxylation is 1. The second-order valence-electron chi connectivity index (χ2n) is 5.75. The average molecular weight is 341 g/mol. The molecule has 0 bridgehead atoms. The minimum absolute atomic E-state index is 0.0398. The van der Waals surface area contributed by atoms with Crippen LogP contribution in [-0.4, -0.2) is 41.4 Å². The van der Waals surface area contributed by atoms with E-state index in [1.165, 1.54) is 6.92 Å². The molecule has 6 nitrogen and oxygen atoms in total. The molecule has 1 aromatic carbocycles. The number of nitrogens with zero attached hydrogens (tertiary/aromatic N) is 2. The number of carbonyl (C=O) groups excluding carboxylic acids is 2. The van der Waals surface area contributed by atoms with Gasteiger partial charge < -0.3 is 15.0 Å². The molecular formula is C19H23N3O3. The second kappa shape index (κ2) is 9.42. The molecule has 2 aromatic rings. The molecule has 1 heterocycles. The molecule has 0 aliphatic carbocycles. The van der Waals surface area contributed by atoms with Gasteiger partial charge in [0.05, 0.1) is 0 Å². The molecule has 0 aliphatic heterocycles. The van der Waals surface area contributed by atoms with Crippen LogP contribution in [0.3, 0.4) is 0 Å². The summed E-state index contributed by atoms with van der Waals surface area (Å²) >= 11 is 0. The molecule has 0 spiro atoms. The van der Waals surface area contributed by atoms with Crippen LogP contribution in [0.25, 0.3) is 0 Å². The Labute approximate surface area is 147 Å². The Morgan fingerprint density at radius 1 is 1.12 bits per heavy atom. The van der Waals surface area contributed by atoms with Gasteiger partial charge in [-0.2, -0.15) is 0 Å². The average Bonchev–Trinajstić information content (AvgIpc) is 2.61. The van der Waals surface area contributed by atoms with Gasteiger partial charge in [-0.15, -0.1) is 0 Å². The predicted octanol–water partition coefficient (Wildman–Crippen LogP) is 1.93. The van der Waals surface area contributed by atoms with E-state index in [4.69, 9.17) is 4.74 Å². The van der Waals surface area contributed by atoms with E-state index in [2.05, 4.69) is 10.3 Å². The van der Waals surface area contributed by atoms with Gasteiger partial charge in [-0.05, 0) is 36.8 Å². The number of amides is 2. The van der Waals surface area contributed by atoms with E-state index < -0.39 is 0 Å². The lowest BCUT2D eigenvalue weighted by Gasteiger charge is -2.21. The second-order valence-corrected chi connectivity index (χ2v) is 5.75. The lowest BCUT2D eigenvalue weighted by molar-refractivity contribution is -0.130. The number of hydrogen-bond acceptors (Lipinski definition) is 4. The standard InChI is InChI=1S/C19H23N3O3/c1-15-3-5-18(6-4-15)25-14-19(24)21-11-12-22(16(2)23)13-17-7-9-20-10-8-17/h3-10H,11-14H2,1-2H3,(H,21,24). The first-order valence-electron chi connectivity index (χ1n) is 8.15. The number of benzene rings is 1. The molecule has 1 aromatic heterocycles. The Morgan fingerprint density at radius 3 is 2.44 bits per heavy atom. The molecule has 0 radical (unpaired) electrons. The number of ether oxygens (including phenoxy) is 1. The van der Waals surface area contributed by atoms with Crippen LogP contribution in [0.4, 0.5) is 0 Å². The SMILES string of the molecule is CC(=O)N(CCNC(=O)COc1ccc(C)cc1)Cc1ccncc1. The van der Waals surface area contributed by atoms with E-state index in [0.717, 1.165) is 11.1 Å². The molecule has 6 heteroatoms. The van der Waals surface area contributed by atoms with Crippen molar-refractivity contribution in [3.63, 3.8) is 0 Å². The zero-order valence-corrected chi connectivity index (χ0v) is 14.6. The highest BCUT2D eigenvalue weighted by atomic mass is 16.5. The minimum atomic E-state index is -0.215. The van der Waals surface area contributed by atoms with Crippen LogP contribution in [0.1, 0.15) is 18.1 Å².